The van der Waals surface area contributed by atoms with Gasteiger partial charge in [-0.3, -0.25) is 4.79 Å². The number of hydrogen-bond donors (Lipinski definition) is 0. The number of imidazole rings is 1. The van der Waals surface area contributed by atoms with E-state index < -0.39 is 0 Å². The van der Waals surface area contributed by atoms with Crippen LogP contribution in [-0.4, -0.2) is 39.8 Å². The molecule has 1 aromatic carbocycles. The molecule has 30 heavy (non-hydrogen) atoms. The average molecular weight is 449 g/mol. The molecule has 0 N–H and O–H groups in total. The molecule has 1 aliphatic carbocycles. The molecule has 2 atom stereocenters. The zero-order valence-electron chi connectivity index (χ0n) is 16.9. The fraction of sp³-hybridized carbons (Fsp3) is 0.409. The Labute approximate surface area is 188 Å². The van der Waals surface area contributed by atoms with Crippen molar-refractivity contribution in [2.75, 3.05) is 13.7 Å². The number of fused-ring (bicyclic) bond motifs is 1. The van der Waals surface area contributed by atoms with Crippen LogP contribution in [0.25, 0.3) is 0 Å². The van der Waals surface area contributed by atoms with Crippen LogP contribution in [0.3, 0.4) is 0 Å². The van der Waals surface area contributed by atoms with E-state index in [1.54, 1.807) is 18.3 Å². The van der Waals surface area contributed by atoms with Gasteiger partial charge in [0.05, 0.1) is 30.1 Å². The average Bonchev–Trinajstić information content (AvgIpc) is 3.26. The summed E-state index contributed by atoms with van der Waals surface area (Å²) in [6, 6.07) is 5.73. The molecule has 1 aliphatic heterocycles. The predicted molar refractivity (Wildman–Crippen MR) is 120 cm³/mol. The molecule has 0 bridgehead atoms. The number of benzene rings is 1. The summed E-state index contributed by atoms with van der Waals surface area (Å²) in [5.41, 5.74) is 1.90. The maximum atomic E-state index is 13.1. The number of aromatic nitrogens is 2. The van der Waals surface area contributed by atoms with E-state index >= 15 is 0 Å². The molecule has 4 rings (SSSR count). The van der Waals surface area contributed by atoms with Gasteiger partial charge < -0.3 is 9.30 Å². The van der Waals surface area contributed by atoms with E-state index in [4.69, 9.17) is 21.4 Å². The van der Waals surface area contributed by atoms with Crippen LogP contribution in [0, 0.1) is 11.8 Å². The number of aryl methyl sites for hydroxylation is 1. The number of carbonyl (C=O) groups excluding carboxylic acids is 1. The minimum atomic E-state index is -0.0537. The molecule has 0 saturated heterocycles. The lowest BCUT2D eigenvalue weighted by Gasteiger charge is -2.37. The molecule has 0 saturated carbocycles. The second kappa shape index (κ2) is 10.1. The number of allylic oxidation sites excluding steroid dienone is 2. The molecule has 2 aliphatic rings. The van der Waals surface area contributed by atoms with Crippen molar-refractivity contribution in [3.63, 3.8) is 0 Å². The van der Waals surface area contributed by atoms with E-state index in [0.29, 0.717) is 17.3 Å². The zero-order chi connectivity index (χ0) is 20.2. The van der Waals surface area contributed by atoms with E-state index in [1.165, 1.54) is 0 Å². The van der Waals surface area contributed by atoms with Gasteiger partial charge in [0.25, 0.3) is 0 Å². The minimum absolute atomic E-state index is 0. The van der Waals surface area contributed by atoms with Gasteiger partial charge in [0.15, 0.2) is 0 Å². The Morgan fingerprint density at radius 2 is 1.93 bits per heavy atom. The highest BCUT2D eigenvalue weighted by molar-refractivity contribution is 6.32. The van der Waals surface area contributed by atoms with Gasteiger partial charge in [0.1, 0.15) is 5.75 Å². The van der Waals surface area contributed by atoms with Crippen LogP contribution in [-0.2, 0) is 11.3 Å². The van der Waals surface area contributed by atoms with Gasteiger partial charge in [0.2, 0.25) is 5.91 Å². The molecule has 1 aromatic heterocycles. The van der Waals surface area contributed by atoms with Gasteiger partial charge in [-0.2, -0.15) is 5.10 Å². The number of amides is 1. The second-order valence-electron chi connectivity index (χ2n) is 7.46. The second-order valence-corrected chi connectivity index (χ2v) is 7.87. The Kier molecular flexibility index (Phi) is 7.56. The van der Waals surface area contributed by atoms with Crippen molar-refractivity contribution in [1.82, 2.24) is 14.6 Å². The van der Waals surface area contributed by atoms with Crippen molar-refractivity contribution in [1.29, 1.82) is 0 Å². The predicted octanol–water partition coefficient (Wildman–Crippen LogP) is 4.58. The van der Waals surface area contributed by atoms with Crippen LogP contribution in [0.2, 0.25) is 5.02 Å². The lowest BCUT2D eigenvalue weighted by molar-refractivity contribution is -0.137. The van der Waals surface area contributed by atoms with Gasteiger partial charge in [-0.15, -0.1) is 12.4 Å². The molecule has 8 heteroatoms. The zero-order valence-corrected chi connectivity index (χ0v) is 18.5. The highest BCUT2D eigenvalue weighted by atomic mass is 35.5. The quantitative estimate of drug-likeness (QED) is 0.460. The van der Waals surface area contributed by atoms with Crippen LogP contribution in [0.1, 0.15) is 31.2 Å². The van der Waals surface area contributed by atoms with E-state index in [1.807, 2.05) is 35.3 Å². The highest BCUT2D eigenvalue weighted by Crippen LogP contribution is 2.36. The van der Waals surface area contributed by atoms with Crippen LogP contribution in [0.4, 0.5) is 0 Å². The normalized spacial score (nSPS) is 20.4. The number of carbonyl (C=O) groups is 1. The maximum absolute atomic E-state index is 13.1. The molecule has 0 unspecified atom stereocenters. The molecule has 0 radical (unpaired) electrons. The van der Waals surface area contributed by atoms with Gasteiger partial charge >= 0.3 is 0 Å². The molecule has 160 valence electrons. The number of hydrogen-bond acceptors (Lipinski definition) is 4. The van der Waals surface area contributed by atoms with Gasteiger partial charge in [-0.05, 0) is 49.4 Å². The number of unbranched alkanes of at least 4 members (excludes halogenated alkanes) is 1. The number of nitrogens with zero attached hydrogens (tertiary/aromatic N) is 4. The largest absolute Gasteiger partial charge is 0.495 e. The molecule has 0 spiro atoms. The summed E-state index contributed by atoms with van der Waals surface area (Å²) >= 11 is 6.36. The van der Waals surface area contributed by atoms with Crippen LogP contribution in [0.5, 0.6) is 5.75 Å². The summed E-state index contributed by atoms with van der Waals surface area (Å²) in [4.78, 5) is 17.1. The van der Waals surface area contributed by atoms with Crippen molar-refractivity contribution in [3.8, 4) is 5.75 Å². The number of rotatable bonds is 7. The Bertz CT molecular complexity index is 927. The SMILES string of the molecule is COc1ccc(C2=NN(CCCCn3ccnc3)C(=O)[C@H]3CC=CC[C@@H]23)cc1Cl.Cl. The third kappa shape index (κ3) is 4.71. The lowest BCUT2D eigenvalue weighted by atomic mass is 9.76. The molecule has 0 fully saturated rings. The maximum Gasteiger partial charge on any atom is 0.246 e. The number of hydrazone groups is 1. The molecule has 2 heterocycles. The monoisotopic (exact) mass is 448 g/mol. The number of halogens is 2. The van der Waals surface area contributed by atoms with Gasteiger partial charge in [0, 0.05) is 31.4 Å². The van der Waals surface area contributed by atoms with Crippen molar-refractivity contribution >= 4 is 35.6 Å². The topological polar surface area (TPSA) is 59.7 Å². The van der Waals surface area contributed by atoms with Crippen molar-refractivity contribution in [3.05, 3.63) is 59.7 Å². The smallest absolute Gasteiger partial charge is 0.246 e. The summed E-state index contributed by atoms with van der Waals surface area (Å²) in [7, 11) is 1.60. The minimum Gasteiger partial charge on any atom is -0.495 e. The van der Waals surface area contributed by atoms with Crippen molar-refractivity contribution in [2.24, 2.45) is 16.9 Å². The Morgan fingerprint density at radius 1 is 1.17 bits per heavy atom. The summed E-state index contributed by atoms with van der Waals surface area (Å²) in [6.07, 6.45) is 13.2. The Hall–Kier alpha value is -2.31. The van der Waals surface area contributed by atoms with Crippen molar-refractivity contribution in [2.45, 2.75) is 32.2 Å². The highest BCUT2D eigenvalue weighted by Gasteiger charge is 2.39. The first-order valence-corrected chi connectivity index (χ1v) is 10.4. The number of ether oxygens (including phenoxy) is 1. The fourth-order valence-corrected chi connectivity index (χ4v) is 4.32. The summed E-state index contributed by atoms with van der Waals surface area (Å²) < 4.78 is 7.32. The van der Waals surface area contributed by atoms with E-state index in [9.17, 15) is 4.79 Å². The number of methoxy groups -OCH3 is 1. The van der Waals surface area contributed by atoms with E-state index in [0.717, 1.165) is 43.5 Å². The first-order chi connectivity index (χ1) is 14.2. The van der Waals surface area contributed by atoms with Crippen molar-refractivity contribution < 1.29 is 9.53 Å². The first kappa shape index (κ1) is 22.4. The Balaban J connectivity index is 0.00000256. The summed E-state index contributed by atoms with van der Waals surface area (Å²) in [5, 5.41) is 7.02. The van der Waals surface area contributed by atoms with Gasteiger partial charge in [-0.1, -0.05) is 23.8 Å². The third-order valence-electron chi connectivity index (χ3n) is 5.63. The first-order valence-electron chi connectivity index (χ1n) is 10.0. The lowest BCUT2D eigenvalue weighted by Crippen LogP contribution is -2.45. The molecular weight excluding hydrogens is 423 g/mol. The van der Waals surface area contributed by atoms with Crippen LogP contribution >= 0.6 is 24.0 Å². The fourth-order valence-electron chi connectivity index (χ4n) is 4.07. The molecule has 6 nitrogen and oxygen atoms in total. The van der Waals surface area contributed by atoms with E-state index in [-0.39, 0.29) is 30.2 Å². The molecular formula is C22H26Cl2N4O2. The summed E-state index contributed by atoms with van der Waals surface area (Å²) in [6.45, 7) is 1.51. The van der Waals surface area contributed by atoms with Crippen LogP contribution < -0.4 is 4.74 Å². The Morgan fingerprint density at radius 3 is 2.63 bits per heavy atom. The molecule has 2 aromatic rings. The summed E-state index contributed by atoms with van der Waals surface area (Å²) in [5.74, 6) is 0.811. The van der Waals surface area contributed by atoms with E-state index in [2.05, 4.69) is 17.1 Å². The third-order valence-corrected chi connectivity index (χ3v) is 5.92. The van der Waals surface area contributed by atoms with Crippen LogP contribution in [0.15, 0.2) is 54.2 Å². The molecule has 1 amide bonds. The van der Waals surface area contributed by atoms with Gasteiger partial charge in [-0.25, -0.2) is 9.99 Å². The standard InChI is InChI=1S/C22H25ClN4O2.ClH/c1-29-20-9-8-16(14-19(20)23)21-17-6-2-3-7-18(17)22(28)27(25-21)12-5-4-11-26-13-10-24-15-26;/h2-3,8-10,13-15,17-18H,4-7,11-12H2,1H3;1H/t17-,18+;/m1./s1.